The van der Waals surface area contributed by atoms with Crippen molar-refractivity contribution in [3.8, 4) is 0 Å². The first-order valence-corrected chi connectivity index (χ1v) is 3.18. The van der Waals surface area contributed by atoms with Crippen LogP contribution in [-0.4, -0.2) is 27.4 Å². The number of carbonyl (C=O) groups is 1. The molecule has 5 nitrogen and oxygen atoms in total. The molecule has 0 unspecified atom stereocenters. The topological polar surface area (TPSA) is 81.1 Å². The number of carbonyl (C=O) groups excluding carboxylic acids is 1. The quantitative estimate of drug-likeness (QED) is 0.669. The van der Waals surface area contributed by atoms with Crippen LogP contribution in [0, 0.1) is 0 Å². The van der Waals surface area contributed by atoms with E-state index in [4.69, 9.17) is 10.8 Å². The molecular formula is C6H10ClN3O2. The molecule has 0 aliphatic carbocycles. The summed E-state index contributed by atoms with van der Waals surface area (Å²) in [5.74, 6) is -0.554. The first kappa shape index (κ1) is 10.9. The Morgan fingerprint density at radius 2 is 2.42 bits per heavy atom. The molecule has 1 aromatic heterocycles. The second kappa shape index (κ2) is 4.74. The number of nitrogens with two attached hydrogens (primary N) is 1. The molecule has 0 spiro atoms. The number of primary amides is 1. The van der Waals surface area contributed by atoms with Crippen LogP contribution in [0.4, 0.5) is 0 Å². The van der Waals surface area contributed by atoms with Crippen molar-refractivity contribution in [3.63, 3.8) is 0 Å². The zero-order valence-corrected chi connectivity index (χ0v) is 7.12. The van der Waals surface area contributed by atoms with Gasteiger partial charge in [0.15, 0.2) is 0 Å². The summed E-state index contributed by atoms with van der Waals surface area (Å²) in [6.07, 6.45) is 1.59. The van der Waals surface area contributed by atoms with Crippen LogP contribution >= 0.6 is 12.4 Å². The van der Waals surface area contributed by atoms with Crippen LogP contribution in [0.25, 0.3) is 0 Å². The molecule has 0 aliphatic rings. The summed E-state index contributed by atoms with van der Waals surface area (Å²) in [6, 6.07) is 1.51. The van der Waals surface area contributed by atoms with Gasteiger partial charge in [0.1, 0.15) is 5.69 Å². The molecule has 0 aliphatic heterocycles. The van der Waals surface area contributed by atoms with Crippen LogP contribution in [0.1, 0.15) is 10.5 Å². The molecule has 0 bridgehead atoms. The average Bonchev–Trinajstić information content (AvgIpc) is 2.37. The zero-order valence-electron chi connectivity index (χ0n) is 6.30. The minimum absolute atomic E-state index is 0. The lowest BCUT2D eigenvalue weighted by atomic mass is 10.4. The van der Waals surface area contributed by atoms with Crippen LogP contribution in [0.3, 0.4) is 0 Å². The number of aliphatic hydroxyl groups excluding tert-OH is 1. The van der Waals surface area contributed by atoms with Crippen molar-refractivity contribution in [3.05, 3.63) is 18.0 Å². The van der Waals surface area contributed by atoms with Gasteiger partial charge in [-0.3, -0.25) is 9.48 Å². The number of hydrogen-bond acceptors (Lipinski definition) is 3. The maximum Gasteiger partial charge on any atom is 0.269 e. The van der Waals surface area contributed by atoms with Crippen molar-refractivity contribution in [1.82, 2.24) is 9.78 Å². The second-order valence-corrected chi connectivity index (χ2v) is 2.05. The van der Waals surface area contributed by atoms with E-state index in [1.807, 2.05) is 0 Å². The van der Waals surface area contributed by atoms with Gasteiger partial charge in [0.05, 0.1) is 13.2 Å². The number of nitrogens with zero attached hydrogens (tertiary/aromatic N) is 2. The summed E-state index contributed by atoms with van der Waals surface area (Å²) >= 11 is 0. The number of amides is 1. The largest absolute Gasteiger partial charge is 0.394 e. The lowest BCUT2D eigenvalue weighted by Crippen LogP contribution is -2.13. The van der Waals surface area contributed by atoms with Crippen molar-refractivity contribution in [1.29, 1.82) is 0 Å². The average molecular weight is 192 g/mol. The highest BCUT2D eigenvalue weighted by Gasteiger charge is 2.02. The SMILES string of the molecule is Cl.NC(=O)c1ccn(CCO)n1. The highest BCUT2D eigenvalue weighted by atomic mass is 35.5. The molecule has 6 heteroatoms. The number of halogens is 1. The minimum Gasteiger partial charge on any atom is -0.394 e. The first-order valence-electron chi connectivity index (χ1n) is 3.18. The van der Waals surface area contributed by atoms with E-state index in [9.17, 15) is 4.79 Å². The fourth-order valence-electron chi connectivity index (χ4n) is 0.720. The molecule has 1 aromatic rings. The van der Waals surface area contributed by atoms with Gasteiger partial charge in [0, 0.05) is 6.20 Å². The van der Waals surface area contributed by atoms with E-state index in [1.54, 1.807) is 6.20 Å². The number of aromatic nitrogens is 2. The minimum atomic E-state index is -0.554. The summed E-state index contributed by atoms with van der Waals surface area (Å²) in [6.45, 7) is 0.382. The molecule has 0 fully saturated rings. The number of aliphatic hydroxyl groups is 1. The van der Waals surface area contributed by atoms with Gasteiger partial charge in [-0.2, -0.15) is 5.10 Å². The molecule has 0 saturated heterocycles. The number of rotatable bonds is 3. The van der Waals surface area contributed by atoms with Crippen LogP contribution in [0.5, 0.6) is 0 Å². The van der Waals surface area contributed by atoms with E-state index in [0.29, 0.717) is 6.54 Å². The molecule has 3 N–H and O–H groups in total. The summed E-state index contributed by atoms with van der Waals surface area (Å²) in [7, 11) is 0. The summed E-state index contributed by atoms with van der Waals surface area (Å²) in [4.78, 5) is 10.5. The fourth-order valence-corrected chi connectivity index (χ4v) is 0.720. The molecule has 1 heterocycles. The van der Waals surface area contributed by atoms with Gasteiger partial charge in [0.25, 0.3) is 5.91 Å². The maximum atomic E-state index is 10.5. The van der Waals surface area contributed by atoms with Crippen molar-refractivity contribution in [2.24, 2.45) is 5.73 Å². The molecule has 0 radical (unpaired) electrons. The normalized spacial score (nSPS) is 9.08. The third-order valence-corrected chi connectivity index (χ3v) is 1.22. The Balaban J connectivity index is 0.00000121. The van der Waals surface area contributed by atoms with Gasteiger partial charge in [-0.05, 0) is 6.07 Å². The van der Waals surface area contributed by atoms with E-state index in [0.717, 1.165) is 0 Å². The second-order valence-electron chi connectivity index (χ2n) is 2.05. The number of hydrogen-bond donors (Lipinski definition) is 2. The molecule has 12 heavy (non-hydrogen) atoms. The monoisotopic (exact) mass is 191 g/mol. The molecule has 0 aromatic carbocycles. The zero-order chi connectivity index (χ0) is 8.27. The Hall–Kier alpha value is -1.07. The predicted octanol–water partition coefficient (Wildman–Crippen LogP) is -0.604. The van der Waals surface area contributed by atoms with Gasteiger partial charge < -0.3 is 10.8 Å². The molecule has 0 atom stereocenters. The Morgan fingerprint density at radius 1 is 1.75 bits per heavy atom. The third-order valence-electron chi connectivity index (χ3n) is 1.22. The summed E-state index contributed by atoms with van der Waals surface area (Å²) in [5, 5.41) is 12.3. The molecule has 1 rings (SSSR count). The van der Waals surface area contributed by atoms with Gasteiger partial charge in [-0.25, -0.2) is 0 Å². The van der Waals surface area contributed by atoms with Crippen LogP contribution in [-0.2, 0) is 6.54 Å². The lowest BCUT2D eigenvalue weighted by molar-refractivity contribution is 0.0994. The molecule has 0 saturated carbocycles. The highest BCUT2D eigenvalue weighted by molar-refractivity contribution is 5.90. The van der Waals surface area contributed by atoms with Gasteiger partial charge in [0.2, 0.25) is 0 Å². The summed E-state index contributed by atoms with van der Waals surface area (Å²) < 4.78 is 1.46. The Labute approximate surface area is 75.6 Å². The van der Waals surface area contributed by atoms with E-state index in [2.05, 4.69) is 5.10 Å². The Morgan fingerprint density at radius 3 is 2.83 bits per heavy atom. The molecule has 68 valence electrons. The standard InChI is InChI=1S/C6H9N3O2.ClH/c7-6(11)5-1-2-9(8-5)3-4-10;/h1-2,10H,3-4H2,(H2,7,11);1H. The fraction of sp³-hybridized carbons (Fsp3) is 0.333. The predicted molar refractivity (Wildman–Crippen MR) is 45.1 cm³/mol. The molecule has 1 amide bonds. The van der Waals surface area contributed by atoms with Crippen LogP contribution in [0.15, 0.2) is 12.3 Å². The van der Waals surface area contributed by atoms with Gasteiger partial charge >= 0.3 is 0 Å². The van der Waals surface area contributed by atoms with E-state index in [-0.39, 0.29) is 24.7 Å². The smallest absolute Gasteiger partial charge is 0.269 e. The third kappa shape index (κ3) is 2.52. The Kier molecular flexibility index (Phi) is 4.31. The van der Waals surface area contributed by atoms with E-state index < -0.39 is 5.91 Å². The van der Waals surface area contributed by atoms with Crippen molar-refractivity contribution in [2.75, 3.05) is 6.61 Å². The van der Waals surface area contributed by atoms with E-state index >= 15 is 0 Å². The lowest BCUT2D eigenvalue weighted by Gasteiger charge is -1.93. The summed E-state index contributed by atoms with van der Waals surface area (Å²) in [5.41, 5.74) is 5.17. The van der Waals surface area contributed by atoms with Crippen LogP contribution < -0.4 is 5.73 Å². The van der Waals surface area contributed by atoms with Gasteiger partial charge in [-0.15, -0.1) is 12.4 Å². The van der Waals surface area contributed by atoms with Crippen molar-refractivity contribution in [2.45, 2.75) is 6.54 Å². The van der Waals surface area contributed by atoms with Crippen molar-refractivity contribution >= 4 is 18.3 Å². The van der Waals surface area contributed by atoms with Crippen LogP contribution in [0.2, 0.25) is 0 Å². The Bertz CT molecular complexity index is 261. The first-order chi connectivity index (χ1) is 5.24. The van der Waals surface area contributed by atoms with Crippen molar-refractivity contribution < 1.29 is 9.90 Å². The van der Waals surface area contributed by atoms with Gasteiger partial charge in [-0.1, -0.05) is 0 Å². The maximum absolute atomic E-state index is 10.5. The molecular weight excluding hydrogens is 182 g/mol. The van der Waals surface area contributed by atoms with E-state index in [1.165, 1.54) is 10.7 Å². The highest BCUT2D eigenvalue weighted by Crippen LogP contribution is 1.92.